The highest BCUT2D eigenvalue weighted by Gasteiger charge is 2.47. The van der Waals surface area contributed by atoms with Gasteiger partial charge in [-0.15, -0.1) is 0 Å². The van der Waals surface area contributed by atoms with Crippen molar-refractivity contribution >= 4 is 29.0 Å². The predicted octanol–water partition coefficient (Wildman–Crippen LogP) is 15.2. The van der Waals surface area contributed by atoms with Crippen LogP contribution >= 0.6 is 0 Å². The summed E-state index contributed by atoms with van der Waals surface area (Å²) in [6.45, 7) is 11.7. The summed E-state index contributed by atoms with van der Waals surface area (Å²) in [5.41, 5.74) is 10.6. The van der Waals surface area contributed by atoms with Gasteiger partial charge in [0.05, 0.1) is 12.5 Å². The topological polar surface area (TPSA) is 26.3 Å². The Balaban J connectivity index is 0.000000184. The molecule has 0 radical (unpaired) electrons. The molecule has 1 fully saturated rings. The van der Waals surface area contributed by atoms with E-state index in [0.717, 1.165) is 22.3 Å². The number of furan rings is 2. The van der Waals surface area contributed by atoms with Crippen LogP contribution in [0.2, 0.25) is 0 Å². The smallest absolute Gasteiger partial charge is 0.224 e. The van der Waals surface area contributed by atoms with E-state index in [0.29, 0.717) is 10.8 Å². The van der Waals surface area contributed by atoms with Gasteiger partial charge in [-0.3, -0.25) is 0 Å². The average molecular weight is 869 g/mol. The van der Waals surface area contributed by atoms with Crippen LogP contribution in [0.4, 0.5) is 0 Å². The van der Waals surface area contributed by atoms with E-state index in [2.05, 4.69) is 211 Å². The van der Waals surface area contributed by atoms with Gasteiger partial charge in [-0.25, -0.2) is 0 Å². The molecule has 0 amide bonds. The van der Waals surface area contributed by atoms with Crippen LogP contribution in [0, 0.1) is 17.8 Å². The van der Waals surface area contributed by atoms with Crippen LogP contribution in [0.3, 0.4) is 0 Å². The second kappa shape index (κ2) is 20.9. The van der Waals surface area contributed by atoms with Crippen LogP contribution in [0.25, 0.3) is 44.5 Å². The quantitative estimate of drug-likeness (QED) is 0.112. The molecular weight excluding hydrogens is 805 g/mol. The molecule has 7 aromatic carbocycles. The molecule has 1 aliphatic rings. The first-order valence-corrected chi connectivity index (χ1v) is 24.7. The van der Waals surface area contributed by atoms with Gasteiger partial charge in [-0.1, -0.05) is 254 Å². The van der Waals surface area contributed by atoms with Crippen molar-refractivity contribution in [3.63, 3.8) is 0 Å². The molecule has 0 bridgehead atoms. The zero-order valence-electron chi connectivity index (χ0n) is 38.0. The summed E-state index contributed by atoms with van der Waals surface area (Å²) in [5.74, 6) is 0.944. The first kappa shape index (κ1) is 46.3. The van der Waals surface area contributed by atoms with Crippen molar-refractivity contribution in [3.05, 3.63) is 231 Å². The van der Waals surface area contributed by atoms with Gasteiger partial charge in [-0.05, 0) is 74.8 Å². The third-order valence-corrected chi connectivity index (χ3v) is 17.3. The highest BCUT2D eigenvalue weighted by atomic mass is 28.3. The van der Waals surface area contributed by atoms with E-state index in [-0.39, 0.29) is 7.43 Å². The van der Waals surface area contributed by atoms with Gasteiger partial charge in [-0.2, -0.15) is 0 Å². The minimum atomic E-state index is -2.84. The molecule has 0 spiro atoms. The Hall–Kier alpha value is -6.68. The van der Waals surface area contributed by atoms with E-state index in [1.54, 1.807) is 12.5 Å². The second-order valence-corrected chi connectivity index (χ2v) is 22.3. The SMILES string of the molecule is C.CC1(C)CCCC(C)(C)C1.Cc1oc([Si](c2ccccc2)(c2ccccc2)c2ccccc2)c(-c2ccccc2)c1-c1ccccc1.c1ccc(-c2cocc2-c2ccccc2)cc1. The lowest BCUT2D eigenvalue weighted by Gasteiger charge is -2.40. The Kier molecular flexibility index (Phi) is 14.9. The zero-order valence-corrected chi connectivity index (χ0v) is 39.0. The Morgan fingerprint density at radius 1 is 0.400 bits per heavy atom. The van der Waals surface area contributed by atoms with Gasteiger partial charge in [0.25, 0.3) is 0 Å². The van der Waals surface area contributed by atoms with Crippen molar-refractivity contribution in [1.82, 2.24) is 0 Å². The molecule has 10 rings (SSSR count). The van der Waals surface area contributed by atoms with Crippen molar-refractivity contribution in [2.24, 2.45) is 10.8 Å². The average Bonchev–Trinajstić information content (AvgIpc) is 3.97. The van der Waals surface area contributed by atoms with E-state index < -0.39 is 8.07 Å². The van der Waals surface area contributed by atoms with E-state index in [4.69, 9.17) is 8.83 Å². The summed E-state index contributed by atoms with van der Waals surface area (Å²) in [7, 11) is -2.84. The molecular formula is C62H64O2Si. The number of rotatable bonds is 8. The summed E-state index contributed by atoms with van der Waals surface area (Å²) >= 11 is 0. The molecule has 0 aliphatic heterocycles. The Labute approximate surface area is 389 Å². The molecule has 65 heavy (non-hydrogen) atoms. The van der Waals surface area contributed by atoms with Gasteiger partial charge < -0.3 is 8.83 Å². The van der Waals surface area contributed by atoms with Crippen LogP contribution in [0.5, 0.6) is 0 Å². The lowest BCUT2D eigenvalue weighted by molar-refractivity contribution is 0.116. The fourth-order valence-electron chi connectivity index (χ4n) is 10.1. The van der Waals surface area contributed by atoms with Crippen molar-refractivity contribution in [2.45, 2.75) is 67.7 Å². The molecule has 328 valence electrons. The first-order chi connectivity index (χ1) is 31.2. The summed E-state index contributed by atoms with van der Waals surface area (Å²) < 4.78 is 12.4. The van der Waals surface area contributed by atoms with Crippen LogP contribution in [0.15, 0.2) is 234 Å². The molecule has 0 N–H and O–H groups in total. The number of aryl methyl sites for hydroxylation is 1. The molecule has 0 unspecified atom stereocenters. The third kappa shape index (κ3) is 10.5. The van der Waals surface area contributed by atoms with Crippen molar-refractivity contribution in [3.8, 4) is 44.5 Å². The maximum atomic E-state index is 7.05. The monoisotopic (exact) mass is 868 g/mol. The lowest BCUT2D eigenvalue weighted by atomic mass is 9.65. The van der Waals surface area contributed by atoms with Crippen LogP contribution in [0.1, 0.15) is 66.6 Å². The molecule has 1 aliphatic carbocycles. The fourth-order valence-corrected chi connectivity index (χ4v) is 14.9. The minimum absolute atomic E-state index is 0. The number of hydrogen-bond acceptors (Lipinski definition) is 2. The highest BCUT2D eigenvalue weighted by Crippen LogP contribution is 2.45. The van der Waals surface area contributed by atoms with E-state index in [1.807, 2.05) is 36.4 Å². The maximum absolute atomic E-state index is 7.05. The van der Waals surface area contributed by atoms with Gasteiger partial charge in [0.15, 0.2) is 0 Å². The Morgan fingerprint density at radius 2 is 0.708 bits per heavy atom. The van der Waals surface area contributed by atoms with Gasteiger partial charge in [0.1, 0.15) is 11.1 Å². The Bertz CT molecular complexity index is 2630. The summed E-state index contributed by atoms with van der Waals surface area (Å²) in [6, 6.07) is 74.8. The molecule has 1 saturated carbocycles. The summed E-state index contributed by atoms with van der Waals surface area (Å²) in [5, 5.41) is 4.98. The molecule has 2 nitrogen and oxygen atoms in total. The van der Waals surface area contributed by atoms with E-state index in [1.165, 1.54) is 74.6 Å². The Morgan fingerprint density at radius 3 is 1.03 bits per heavy atom. The van der Waals surface area contributed by atoms with E-state index >= 15 is 0 Å². The molecule has 2 aromatic heterocycles. The zero-order chi connectivity index (χ0) is 44.4. The fraction of sp³-hybridized carbons (Fsp3) is 0.194. The molecule has 0 saturated heterocycles. The maximum Gasteiger partial charge on any atom is 0.224 e. The normalized spacial score (nSPS) is 13.8. The van der Waals surface area contributed by atoms with Crippen molar-refractivity contribution < 1.29 is 8.83 Å². The van der Waals surface area contributed by atoms with Crippen LogP contribution in [-0.2, 0) is 0 Å². The minimum Gasteiger partial charge on any atom is -0.471 e. The van der Waals surface area contributed by atoms with Crippen molar-refractivity contribution in [1.29, 1.82) is 0 Å². The van der Waals surface area contributed by atoms with Crippen molar-refractivity contribution in [2.75, 3.05) is 0 Å². The number of hydrogen-bond donors (Lipinski definition) is 0. The highest BCUT2D eigenvalue weighted by molar-refractivity contribution is 7.19. The molecule has 0 atom stereocenters. The third-order valence-electron chi connectivity index (χ3n) is 12.7. The van der Waals surface area contributed by atoms with Gasteiger partial charge >= 0.3 is 0 Å². The molecule has 2 heterocycles. The van der Waals surface area contributed by atoms with Gasteiger partial charge in [0.2, 0.25) is 8.07 Å². The molecule has 3 heteroatoms. The van der Waals surface area contributed by atoms with Crippen LogP contribution in [-0.4, -0.2) is 8.07 Å². The predicted molar refractivity (Wildman–Crippen MR) is 280 cm³/mol. The summed E-state index contributed by atoms with van der Waals surface area (Å²) in [4.78, 5) is 0. The second-order valence-electron chi connectivity index (χ2n) is 18.6. The lowest BCUT2D eigenvalue weighted by Crippen LogP contribution is -2.74. The van der Waals surface area contributed by atoms with Gasteiger partial charge in [0, 0.05) is 22.3 Å². The molecule has 9 aromatic rings. The van der Waals surface area contributed by atoms with E-state index in [9.17, 15) is 0 Å². The largest absolute Gasteiger partial charge is 0.471 e. The summed E-state index contributed by atoms with van der Waals surface area (Å²) in [6.07, 6.45) is 9.29. The number of benzene rings is 7. The first-order valence-electron chi connectivity index (χ1n) is 22.7. The van der Waals surface area contributed by atoms with Crippen LogP contribution < -0.4 is 20.9 Å². The standard InChI is InChI=1S/C35H28OSi.C16H12O.C10H20.CH4/c1-27-33(28-17-7-2-8-18-28)34(29-19-9-3-10-20-29)35(36-27)37(30-21-11-4-12-22-30,31-23-13-5-14-24-31)32-25-15-6-16-26-32;1-3-7-13(8-4-1)15-11-17-12-16(15)14-9-5-2-6-10-14;1-9(2)6-5-7-10(3,4)8-9;/h2-26H,1H3;1-12H;5-8H2,1-4H3;1H4.